The number of methoxy groups -OCH3 is 1. The van der Waals surface area contributed by atoms with Crippen molar-refractivity contribution in [2.24, 2.45) is 0 Å². The van der Waals surface area contributed by atoms with Gasteiger partial charge in [0.2, 0.25) is 5.89 Å². The number of benzene rings is 1. The van der Waals surface area contributed by atoms with Crippen molar-refractivity contribution in [3.8, 4) is 5.75 Å². The van der Waals surface area contributed by atoms with Gasteiger partial charge in [-0.25, -0.2) is 4.98 Å². The number of nitrogens with one attached hydrogen (secondary N) is 1. The van der Waals surface area contributed by atoms with Gasteiger partial charge in [0, 0.05) is 4.47 Å². The van der Waals surface area contributed by atoms with Crippen LogP contribution in [0.25, 0.3) is 0 Å². The van der Waals surface area contributed by atoms with Crippen LogP contribution in [0.1, 0.15) is 22.0 Å². The van der Waals surface area contributed by atoms with E-state index in [0.717, 1.165) is 0 Å². The second-order valence-corrected chi connectivity index (χ2v) is 4.75. The monoisotopic (exact) mass is 324 g/mol. The molecule has 0 aliphatic rings. The number of hydrogen-bond donors (Lipinski definition) is 1. The normalized spacial score (nSPS) is 10.3. The topological polar surface area (TPSA) is 64.4 Å². The smallest absolute Gasteiger partial charge is 0.252 e. The number of nitrogens with zero attached hydrogens (tertiary/aromatic N) is 1. The minimum absolute atomic E-state index is 0.221. The minimum Gasteiger partial charge on any atom is -0.497 e. The number of amides is 1. The van der Waals surface area contributed by atoms with Crippen molar-refractivity contribution in [3.05, 3.63) is 46.1 Å². The Bertz CT molecular complexity index is 595. The molecule has 5 nitrogen and oxygen atoms in total. The molecule has 0 fully saturated rings. The predicted molar refractivity (Wildman–Crippen MR) is 73.1 cm³/mol. The number of hydrogen-bond acceptors (Lipinski definition) is 4. The molecule has 1 N–H and O–H groups in total. The van der Waals surface area contributed by atoms with E-state index in [1.807, 2.05) is 0 Å². The largest absolute Gasteiger partial charge is 0.497 e. The van der Waals surface area contributed by atoms with Crippen LogP contribution in [0.5, 0.6) is 5.75 Å². The van der Waals surface area contributed by atoms with Gasteiger partial charge in [0.25, 0.3) is 5.91 Å². The summed E-state index contributed by atoms with van der Waals surface area (Å²) in [4.78, 5) is 16.1. The van der Waals surface area contributed by atoms with Gasteiger partial charge in [-0.15, -0.1) is 0 Å². The van der Waals surface area contributed by atoms with Gasteiger partial charge in [0.05, 0.1) is 25.4 Å². The zero-order chi connectivity index (χ0) is 13.8. The van der Waals surface area contributed by atoms with Gasteiger partial charge >= 0.3 is 0 Å². The van der Waals surface area contributed by atoms with Crippen LogP contribution in [-0.2, 0) is 6.54 Å². The van der Waals surface area contributed by atoms with Crippen molar-refractivity contribution in [3.63, 3.8) is 0 Å². The molecule has 0 spiro atoms. The number of carbonyl (C=O) groups excluding carboxylic acids is 1. The SMILES string of the molecule is COc1ccc(Br)c(C(=O)NCc2ncc(C)o2)c1. The summed E-state index contributed by atoms with van der Waals surface area (Å²) < 4.78 is 11.1. The van der Waals surface area contributed by atoms with Crippen LogP contribution in [0.4, 0.5) is 0 Å². The molecule has 2 rings (SSSR count). The molecule has 100 valence electrons. The fourth-order valence-corrected chi connectivity index (χ4v) is 1.97. The van der Waals surface area contributed by atoms with Crippen LogP contribution in [-0.4, -0.2) is 18.0 Å². The highest BCUT2D eigenvalue weighted by atomic mass is 79.9. The zero-order valence-corrected chi connectivity index (χ0v) is 12.2. The van der Waals surface area contributed by atoms with Gasteiger partial charge < -0.3 is 14.5 Å². The molecule has 6 heteroatoms. The Balaban J connectivity index is 2.07. The van der Waals surface area contributed by atoms with Crippen LogP contribution in [0.2, 0.25) is 0 Å². The molecule has 0 unspecified atom stereocenters. The zero-order valence-electron chi connectivity index (χ0n) is 10.6. The Hall–Kier alpha value is -1.82. The third-order valence-corrected chi connectivity index (χ3v) is 3.18. The first-order valence-electron chi connectivity index (χ1n) is 5.63. The molecule has 2 aromatic rings. The van der Waals surface area contributed by atoms with Gasteiger partial charge in [-0.3, -0.25) is 4.79 Å². The number of oxazole rings is 1. The average molecular weight is 325 g/mol. The van der Waals surface area contributed by atoms with E-state index in [4.69, 9.17) is 9.15 Å². The van der Waals surface area contributed by atoms with Crippen LogP contribution < -0.4 is 10.1 Å². The van der Waals surface area contributed by atoms with Crippen molar-refractivity contribution in [1.29, 1.82) is 0 Å². The Morgan fingerprint density at radius 3 is 2.95 bits per heavy atom. The lowest BCUT2D eigenvalue weighted by atomic mass is 10.2. The van der Waals surface area contributed by atoms with E-state index >= 15 is 0 Å². The predicted octanol–water partition coefficient (Wildman–Crippen LogP) is 2.68. The molecule has 19 heavy (non-hydrogen) atoms. The van der Waals surface area contributed by atoms with E-state index in [9.17, 15) is 4.79 Å². The van der Waals surface area contributed by atoms with Gasteiger partial charge in [-0.05, 0) is 41.1 Å². The Morgan fingerprint density at radius 2 is 2.32 bits per heavy atom. The van der Waals surface area contributed by atoms with E-state index in [0.29, 0.717) is 27.4 Å². The number of aromatic nitrogens is 1. The maximum absolute atomic E-state index is 12.0. The lowest BCUT2D eigenvalue weighted by Gasteiger charge is -2.07. The molecule has 0 bridgehead atoms. The number of rotatable bonds is 4. The highest BCUT2D eigenvalue weighted by Crippen LogP contribution is 2.22. The molecule has 1 aromatic carbocycles. The van der Waals surface area contributed by atoms with Crippen molar-refractivity contribution in [2.75, 3.05) is 7.11 Å². The first-order chi connectivity index (χ1) is 9.10. The summed E-state index contributed by atoms with van der Waals surface area (Å²) in [5.74, 6) is 1.60. The fourth-order valence-electron chi connectivity index (χ4n) is 1.54. The summed E-state index contributed by atoms with van der Waals surface area (Å²) in [7, 11) is 1.56. The van der Waals surface area contributed by atoms with Gasteiger partial charge in [0.1, 0.15) is 11.5 Å². The highest BCUT2D eigenvalue weighted by molar-refractivity contribution is 9.10. The molecule has 1 heterocycles. The summed E-state index contributed by atoms with van der Waals surface area (Å²) in [6, 6.07) is 5.21. The van der Waals surface area contributed by atoms with E-state index in [1.54, 1.807) is 38.4 Å². The van der Waals surface area contributed by atoms with Crippen molar-refractivity contribution >= 4 is 21.8 Å². The van der Waals surface area contributed by atoms with Gasteiger partial charge in [-0.2, -0.15) is 0 Å². The van der Waals surface area contributed by atoms with Crippen molar-refractivity contribution < 1.29 is 13.9 Å². The van der Waals surface area contributed by atoms with Crippen LogP contribution in [0, 0.1) is 6.92 Å². The average Bonchev–Trinajstić information content (AvgIpc) is 2.82. The lowest BCUT2D eigenvalue weighted by Crippen LogP contribution is -2.23. The standard InChI is InChI=1S/C13H13BrN2O3/c1-8-6-15-12(19-8)7-16-13(17)10-5-9(18-2)3-4-11(10)14/h3-6H,7H2,1-2H3,(H,16,17). The van der Waals surface area contributed by atoms with Crippen molar-refractivity contribution in [2.45, 2.75) is 13.5 Å². The number of carbonyl (C=O) groups is 1. The third kappa shape index (κ3) is 3.35. The van der Waals surface area contributed by atoms with E-state index < -0.39 is 0 Å². The fraction of sp³-hybridized carbons (Fsp3) is 0.231. The number of halogens is 1. The number of aryl methyl sites for hydroxylation is 1. The quantitative estimate of drug-likeness (QED) is 0.939. The molecular formula is C13H13BrN2O3. The maximum Gasteiger partial charge on any atom is 0.252 e. The molecule has 0 aliphatic carbocycles. The Labute approximate surface area is 119 Å². The Morgan fingerprint density at radius 1 is 1.53 bits per heavy atom. The van der Waals surface area contributed by atoms with Crippen LogP contribution in [0.3, 0.4) is 0 Å². The summed E-state index contributed by atoms with van der Waals surface area (Å²) >= 11 is 3.34. The van der Waals surface area contributed by atoms with Crippen molar-refractivity contribution in [1.82, 2.24) is 10.3 Å². The molecule has 0 saturated heterocycles. The van der Waals surface area contributed by atoms with E-state index in [2.05, 4.69) is 26.2 Å². The molecule has 0 aliphatic heterocycles. The second-order valence-electron chi connectivity index (χ2n) is 3.89. The second kappa shape index (κ2) is 5.88. The summed E-state index contributed by atoms with van der Waals surface area (Å²) in [5.41, 5.74) is 0.502. The minimum atomic E-state index is -0.221. The number of ether oxygens (including phenoxy) is 1. The highest BCUT2D eigenvalue weighted by Gasteiger charge is 2.12. The van der Waals surface area contributed by atoms with Gasteiger partial charge in [-0.1, -0.05) is 0 Å². The first-order valence-corrected chi connectivity index (χ1v) is 6.42. The molecule has 1 aromatic heterocycles. The molecular weight excluding hydrogens is 312 g/mol. The first kappa shape index (κ1) is 13.6. The third-order valence-electron chi connectivity index (χ3n) is 2.49. The summed E-state index contributed by atoms with van der Waals surface area (Å²) in [6.07, 6.45) is 1.61. The molecule has 1 amide bonds. The summed E-state index contributed by atoms with van der Waals surface area (Å²) in [5, 5.41) is 2.74. The van der Waals surface area contributed by atoms with E-state index in [1.165, 1.54) is 0 Å². The molecule has 0 atom stereocenters. The van der Waals surface area contributed by atoms with E-state index in [-0.39, 0.29) is 12.5 Å². The van der Waals surface area contributed by atoms with Crippen LogP contribution in [0.15, 0.2) is 33.3 Å². The van der Waals surface area contributed by atoms with Gasteiger partial charge in [0.15, 0.2) is 0 Å². The summed E-state index contributed by atoms with van der Waals surface area (Å²) in [6.45, 7) is 2.05. The maximum atomic E-state index is 12.0. The molecule has 0 saturated carbocycles. The Kier molecular flexibility index (Phi) is 4.21. The lowest BCUT2D eigenvalue weighted by molar-refractivity contribution is 0.0946. The van der Waals surface area contributed by atoms with Crippen LogP contribution >= 0.6 is 15.9 Å². The molecule has 0 radical (unpaired) electrons.